The second kappa shape index (κ2) is 3.24. The molecule has 1 aromatic heterocycles. The van der Waals surface area contributed by atoms with Gasteiger partial charge in [0.05, 0.1) is 0 Å². The Kier molecular flexibility index (Phi) is 2.41. The first-order valence-electron chi connectivity index (χ1n) is 3.26. The molecule has 0 fully saturated rings. The van der Waals surface area contributed by atoms with E-state index in [1.807, 2.05) is 4.98 Å². The van der Waals surface area contributed by atoms with E-state index in [-0.39, 0.29) is 0 Å². The summed E-state index contributed by atoms with van der Waals surface area (Å²) in [4.78, 5) is 22.4. The van der Waals surface area contributed by atoms with E-state index in [1.165, 1.54) is 0 Å². The molecule has 0 atom stereocenters. The van der Waals surface area contributed by atoms with E-state index < -0.39 is 32.1 Å². The summed E-state index contributed by atoms with van der Waals surface area (Å²) >= 11 is 0. The van der Waals surface area contributed by atoms with Gasteiger partial charge in [0.25, 0.3) is 15.7 Å². The molecule has 76 valence electrons. The number of carboxylic acids is 1. The van der Waals surface area contributed by atoms with E-state index in [0.717, 1.165) is 0 Å². The molecule has 0 radical (unpaired) electrons. The molecule has 0 unspecified atom stereocenters. The van der Waals surface area contributed by atoms with Crippen molar-refractivity contribution in [2.75, 3.05) is 0 Å². The normalized spacial score (nSPS) is 11.2. The SMILES string of the molecule is O=C(O)c1cc(S(=O)(=O)O)c[nH]c1=O. The van der Waals surface area contributed by atoms with Gasteiger partial charge < -0.3 is 10.1 Å². The molecule has 0 saturated heterocycles. The third kappa shape index (κ3) is 1.98. The van der Waals surface area contributed by atoms with Gasteiger partial charge in [-0.2, -0.15) is 8.42 Å². The van der Waals surface area contributed by atoms with Gasteiger partial charge in [-0.25, -0.2) is 4.79 Å². The predicted molar refractivity (Wildman–Crippen MR) is 43.8 cm³/mol. The van der Waals surface area contributed by atoms with Crippen LogP contribution in [0.2, 0.25) is 0 Å². The monoisotopic (exact) mass is 219 g/mol. The summed E-state index contributed by atoms with van der Waals surface area (Å²) in [6.07, 6.45) is 0.712. The average Bonchev–Trinajstić information content (AvgIpc) is 2.02. The van der Waals surface area contributed by atoms with Crippen LogP contribution in [0.3, 0.4) is 0 Å². The summed E-state index contributed by atoms with van der Waals surface area (Å²) in [5.74, 6) is -1.57. The van der Waals surface area contributed by atoms with Gasteiger partial charge in [0.1, 0.15) is 10.5 Å². The van der Waals surface area contributed by atoms with Crippen molar-refractivity contribution in [3.63, 3.8) is 0 Å². The molecular weight excluding hydrogens is 214 g/mol. The third-order valence-corrected chi connectivity index (χ3v) is 2.24. The van der Waals surface area contributed by atoms with Crippen LogP contribution in [-0.2, 0) is 10.1 Å². The maximum atomic E-state index is 10.8. The Morgan fingerprint density at radius 1 is 1.43 bits per heavy atom. The van der Waals surface area contributed by atoms with Crippen LogP contribution in [0.4, 0.5) is 0 Å². The number of hydrogen-bond donors (Lipinski definition) is 3. The summed E-state index contributed by atoms with van der Waals surface area (Å²) < 4.78 is 29.7. The van der Waals surface area contributed by atoms with Crippen LogP contribution in [0.5, 0.6) is 0 Å². The molecular formula is C6H5NO6S. The molecule has 0 saturated carbocycles. The zero-order valence-corrected chi connectivity index (χ0v) is 7.41. The fourth-order valence-corrected chi connectivity index (χ4v) is 1.25. The van der Waals surface area contributed by atoms with Crippen LogP contribution in [0.25, 0.3) is 0 Å². The topological polar surface area (TPSA) is 125 Å². The number of aromatic carboxylic acids is 1. The lowest BCUT2D eigenvalue weighted by atomic mass is 10.3. The van der Waals surface area contributed by atoms with Gasteiger partial charge >= 0.3 is 5.97 Å². The first-order valence-corrected chi connectivity index (χ1v) is 4.70. The lowest BCUT2D eigenvalue weighted by molar-refractivity contribution is 0.0694. The first kappa shape index (κ1) is 10.4. The number of H-pyrrole nitrogens is 1. The Hall–Kier alpha value is -1.67. The number of nitrogens with one attached hydrogen (secondary N) is 1. The van der Waals surface area contributed by atoms with E-state index in [1.54, 1.807) is 0 Å². The van der Waals surface area contributed by atoms with Crippen molar-refractivity contribution in [3.8, 4) is 0 Å². The van der Waals surface area contributed by atoms with Gasteiger partial charge in [0.2, 0.25) is 0 Å². The first-order chi connectivity index (χ1) is 6.32. The fraction of sp³-hybridized carbons (Fsp3) is 0. The maximum absolute atomic E-state index is 10.8. The van der Waals surface area contributed by atoms with Gasteiger partial charge in [-0.1, -0.05) is 0 Å². The van der Waals surface area contributed by atoms with Gasteiger partial charge in [0, 0.05) is 6.20 Å². The van der Waals surface area contributed by atoms with Gasteiger partial charge in [-0.15, -0.1) is 0 Å². The lowest BCUT2D eigenvalue weighted by Gasteiger charge is -1.97. The number of rotatable bonds is 2. The van der Waals surface area contributed by atoms with Gasteiger partial charge in [-0.3, -0.25) is 9.35 Å². The van der Waals surface area contributed by atoms with E-state index in [4.69, 9.17) is 9.66 Å². The van der Waals surface area contributed by atoms with Crippen molar-refractivity contribution >= 4 is 16.1 Å². The van der Waals surface area contributed by atoms with Crippen LogP contribution in [0.1, 0.15) is 10.4 Å². The van der Waals surface area contributed by atoms with E-state index in [0.29, 0.717) is 12.3 Å². The zero-order valence-electron chi connectivity index (χ0n) is 6.59. The second-order valence-corrected chi connectivity index (χ2v) is 3.78. The van der Waals surface area contributed by atoms with Crippen LogP contribution >= 0.6 is 0 Å². The molecule has 3 N–H and O–H groups in total. The predicted octanol–water partition coefficient (Wildman–Crippen LogP) is -0.680. The van der Waals surface area contributed by atoms with Gasteiger partial charge in [0.15, 0.2) is 0 Å². The van der Waals surface area contributed by atoms with E-state index in [2.05, 4.69) is 0 Å². The second-order valence-electron chi connectivity index (χ2n) is 2.36. The number of aromatic amines is 1. The van der Waals surface area contributed by atoms with Crippen molar-refractivity contribution in [2.24, 2.45) is 0 Å². The highest BCUT2D eigenvalue weighted by molar-refractivity contribution is 7.85. The van der Waals surface area contributed by atoms with Crippen molar-refractivity contribution in [2.45, 2.75) is 4.90 Å². The van der Waals surface area contributed by atoms with Crippen molar-refractivity contribution in [3.05, 3.63) is 28.2 Å². The summed E-state index contributed by atoms with van der Waals surface area (Å²) in [5.41, 5.74) is -1.69. The van der Waals surface area contributed by atoms with Gasteiger partial charge in [-0.05, 0) is 6.07 Å². The minimum absolute atomic E-state index is 0.580. The van der Waals surface area contributed by atoms with E-state index in [9.17, 15) is 18.0 Å². The van der Waals surface area contributed by atoms with Crippen LogP contribution in [-0.4, -0.2) is 29.0 Å². The molecule has 0 aliphatic rings. The Morgan fingerprint density at radius 3 is 2.43 bits per heavy atom. The zero-order chi connectivity index (χ0) is 10.9. The summed E-state index contributed by atoms with van der Waals surface area (Å²) in [5, 5.41) is 8.46. The number of hydrogen-bond acceptors (Lipinski definition) is 4. The molecule has 7 nitrogen and oxygen atoms in total. The smallest absolute Gasteiger partial charge is 0.341 e. The maximum Gasteiger partial charge on any atom is 0.341 e. The third-order valence-electron chi connectivity index (χ3n) is 1.41. The Labute approximate surface area is 77.8 Å². The quantitative estimate of drug-likeness (QED) is 0.566. The summed E-state index contributed by atoms with van der Waals surface area (Å²) in [6, 6.07) is 0.580. The Balaban J connectivity index is 3.50. The largest absolute Gasteiger partial charge is 0.477 e. The molecule has 0 spiro atoms. The molecule has 0 amide bonds. The van der Waals surface area contributed by atoms with Crippen LogP contribution < -0.4 is 5.56 Å². The number of carbonyl (C=O) groups is 1. The molecule has 0 aromatic carbocycles. The fourth-order valence-electron chi connectivity index (χ4n) is 0.772. The summed E-state index contributed by atoms with van der Waals surface area (Å²) in [7, 11) is -4.51. The number of carboxylic acid groups (broad SMARTS) is 1. The van der Waals surface area contributed by atoms with Crippen molar-refractivity contribution in [1.82, 2.24) is 4.98 Å². The molecule has 1 aromatic rings. The lowest BCUT2D eigenvalue weighted by Crippen LogP contribution is -2.18. The molecule has 8 heteroatoms. The minimum Gasteiger partial charge on any atom is -0.477 e. The highest BCUT2D eigenvalue weighted by Crippen LogP contribution is 2.05. The molecule has 0 aliphatic heterocycles. The van der Waals surface area contributed by atoms with Crippen molar-refractivity contribution < 1.29 is 22.9 Å². The highest BCUT2D eigenvalue weighted by Gasteiger charge is 2.15. The molecule has 1 heterocycles. The number of pyridine rings is 1. The Bertz CT molecular complexity index is 527. The average molecular weight is 219 g/mol. The number of aromatic nitrogens is 1. The van der Waals surface area contributed by atoms with Crippen LogP contribution in [0.15, 0.2) is 22.0 Å². The Morgan fingerprint density at radius 2 is 2.00 bits per heavy atom. The van der Waals surface area contributed by atoms with E-state index >= 15 is 0 Å². The molecule has 0 bridgehead atoms. The highest BCUT2D eigenvalue weighted by atomic mass is 32.2. The van der Waals surface area contributed by atoms with Crippen molar-refractivity contribution in [1.29, 1.82) is 0 Å². The standard InChI is InChI=1S/C6H5NO6S/c8-5-4(6(9)10)1-3(2-7-5)14(11,12)13/h1-2H,(H,7,8)(H,9,10)(H,11,12,13). The van der Waals surface area contributed by atoms with Crippen LogP contribution in [0, 0.1) is 0 Å². The molecule has 0 aliphatic carbocycles. The summed E-state index contributed by atoms with van der Waals surface area (Å²) in [6.45, 7) is 0. The minimum atomic E-state index is -4.51. The molecule has 14 heavy (non-hydrogen) atoms. The molecule has 1 rings (SSSR count).